The van der Waals surface area contributed by atoms with Gasteiger partial charge in [0.2, 0.25) is 5.91 Å². The molecular formula is C11H14Cl2N2O. The molecule has 0 saturated carbocycles. The molecule has 0 atom stereocenters. The molecule has 88 valence electrons. The summed E-state index contributed by atoms with van der Waals surface area (Å²) >= 11 is 11.4. The number of alkyl halides is 2. The van der Waals surface area contributed by atoms with Crippen LogP contribution in [0.15, 0.2) is 24.3 Å². The summed E-state index contributed by atoms with van der Waals surface area (Å²) in [5, 5.41) is 0. The van der Waals surface area contributed by atoms with Gasteiger partial charge in [-0.1, -0.05) is 6.07 Å². The van der Waals surface area contributed by atoms with Crippen molar-refractivity contribution in [2.45, 2.75) is 0 Å². The predicted octanol–water partition coefficient (Wildman–Crippen LogP) is 2.07. The van der Waals surface area contributed by atoms with Crippen LogP contribution in [0.5, 0.6) is 0 Å². The first kappa shape index (κ1) is 13.1. The number of rotatable bonds is 6. The van der Waals surface area contributed by atoms with Crippen LogP contribution < -0.4 is 10.6 Å². The van der Waals surface area contributed by atoms with E-state index in [-0.39, 0.29) is 0 Å². The Morgan fingerprint density at radius 2 is 1.88 bits per heavy atom. The van der Waals surface area contributed by atoms with Gasteiger partial charge in [0.25, 0.3) is 0 Å². The molecular weight excluding hydrogens is 247 g/mol. The molecule has 5 heteroatoms. The zero-order valence-electron chi connectivity index (χ0n) is 8.83. The second-order valence-electron chi connectivity index (χ2n) is 3.28. The lowest BCUT2D eigenvalue weighted by Gasteiger charge is -2.23. The number of hydrogen-bond acceptors (Lipinski definition) is 2. The Bertz CT molecular complexity index is 352. The zero-order chi connectivity index (χ0) is 12.0. The maximum atomic E-state index is 11.0. The third-order valence-electron chi connectivity index (χ3n) is 2.20. The lowest BCUT2D eigenvalue weighted by atomic mass is 10.2. The van der Waals surface area contributed by atoms with Crippen molar-refractivity contribution in [3.63, 3.8) is 0 Å². The molecule has 0 spiro atoms. The molecule has 2 N–H and O–H groups in total. The summed E-state index contributed by atoms with van der Waals surface area (Å²) in [5.41, 5.74) is 6.63. The molecule has 0 saturated heterocycles. The number of anilines is 1. The molecule has 0 aliphatic carbocycles. The van der Waals surface area contributed by atoms with Crippen LogP contribution in [0, 0.1) is 0 Å². The molecule has 1 amide bonds. The van der Waals surface area contributed by atoms with Crippen LogP contribution >= 0.6 is 23.2 Å². The molecule has 0 fully saturated rings. The second-order valence-corrected chi connectivity index (χ2v) is 4.04. The Balaban J connectivity index is 2.90. The number of amides is 1. The van der Waals surface area contributed by atoms with Gasteiger partial charge in [0, 0.05) is 36.1 Å². The van der Waals surface area contributed by atoms with Crippen molar-refractivity contribution in [2.24, 2.45) is 5.73 Å². The first-order chi connectivity index (χ1) is 7.69. The van der Waals surface area contributed by atoms with E-state index < -0.39 is 5.91 Å². The highest BCUT2D eigenvalue weighted by atomic mass is 35.5. The van der Waals surface area contributed by atoms with E-state index in [2.05, 4.69) is 0 Å². The summed E-state index contributed by atoms with van der Waals surface area (Å²) in [7, 11) is 0. The molecule has 0 radical (unpaired) electrons. The average Bonchev–Trinajstić information content (AvgIpc) is 2.29. The number of nitrogens with two attached hydrogens (primary N) is 1. The van der Waals surface area contributed by atoms with Crippen LogP contribution in [-0.2, 0) is 0 Å². The summed E-state index contributed by atoms with van der Waals surface area (Å²) in [6.07, 6.45) is 0. The van der Waals surface area contributed by atoms with Crippen molar-refractivity contribution >= 4 is 34.8 Å². The molecule has 16 heavy (non-hydrogen) atoms. The van der Waals surface area contributed by atoms with Crippen molar-refractivity contribution in [1.29, 1.82) is 0 Å². The number of carbonyl (C=O) groups excluding carboxylic acids is 1. The molecule has 0 heterocycles. The number of benzene rings is 1. The molecule has 0 aromatic heterocycles. The van der Waals surface area contributed by atoms with Gasteiger partial charge in [-0.15, -0.1) is 23.2 Å². The number of carbonyl (C=O) groups is 1. The van der Waals surface area contributed by atoms with Gasteiger partial charge in [-0.3, -0.25) is 4.79 Å². The van der Waals surface area contributed by atoms with Gasteiger partial charge in [0.05, 0.1) is 0 Å². The standard InChI is InChI=1S/C11H14Cl2N2O/c12-4-6-15(7-5-13)10-3-1-2-9(8-10)11(14)16/h1-3,8H,4-7H2,(H2,14,16). The van der Waals surface area contributed by atoms with Crippen molar-refractivity contribution in [1.82, 2.24) is 0 Å². The fourth-order valence-corrected chi connectivity index (χ4v) is 1.84. The largest absolute Gasteiger partial charge is 0.369 e. The average molecular weight is 261 g/mol. The second kappa shape index (κ2) is 6.61. The van der Waals surface area contributed by atoms with Crippen molar-refractivity contribution < 1.29 is 4.79 Å². The number of halogens is 2. The van der Waals surface area contributed by atoms with Crippen LogP contribution in [0.1, 0.15) is 10.4 Å². The van der Waals surface area contributed by atoms with Crippen LogP contribution in [0.25, 0.3) is 0 Å². The first-order valence-electron chi connectivity index (χ1n) is 4.95. The Labute approximate surface area is 105 Å². The smallest absolute Gasteiger partial charge is 0.248 e. The van der Waals surface area contributed by atoms with Gasteiger partial charge in [0.15, 0.2) is 0 Å². The molecule has 1 aromatic carbocycles. The predicted molar refractivity (Wildman–Crippen MR) is 68.6 cm³/mol. The quantitative estimate of drug-likeness (QED) is 0.797. The first-order valence-corrected chi connectivity index (χ1v) is 6.02. The monoisotopic (exact) mass is 260 g/mol. The summed E-state index contributed by atoms with van der Waals surface area (Å²) in [4.78, 5) is 13.1. The molecule has 1 aromatic rings. The molecule has 0 aliphatic rings. The normalized spacial score (nSPS) is 10.1. The van der Waals surface area contributed by atoms with E-state index in [4.69, 9.17) is 28.9 Å². The fourth-order valence-electron chi connectivity index (χ4n) is 1.43. The lowest BCUT2D eigenvalue weighted by Crippen LogP contribution is -2.27. The highest BCUT2D eigenvalue weighted by Gasteiger charge is 2.07. The van der Waals surface area contributed by atoms with Crippen LogP contribution in [0.4, 0.5) is 5.69 Å². The summed E-state index contributed by atoms with van der Waals surface area (Å²) in [6, 6.07) is 7.14. The Morgan fingerprint density at radius 3 is 2.38 bits per heavy atom. The van der Waals surface area contributed by atoms with E-state index in [0.29, 0.717) is 30.4 Å². The number of primary amides is 1. The molecule has 3 nitrogen and oxygen atoms in total. The molecule has 1 rings (SSSR count). The van der Waals surface area contributed by atoms with Crippen molar-refractivity contribution in [3.8, 4) is 0 Å². The fraction of sp³-hybridized carbons (Fsp3) is 0.364. The zero-order valence-corrected chi connectivity index (χ0v) is 10.3. The van der Waals surface area contributed by atoms with E-state index >= 15 is 0 Å². The molecule has 0 unspecified atom stereocenters. The Morgan fingerprint density at radius 1 is 1.25 bits per heavy atom. The Hall–Kier alpha value is -0.930. The van der Waals surface area contributed by atoms with Crippen molar-refractivity contribution in [2.75, 3.05) is 29.7 Å². The van der Waals surface area contributed by atoms with Crippen LogP contribution in [0.3, 0.4) is 0 Å². The lowest BCUT2D eigenvalue weighted by molar-refractivity contribution is 0.100. The van der Waals surface area contributed by atoms with Gasteiger partial charge >= 0.3 is 0 Å². The third kappa shape index (κ3) is 3.58. The van der Waals surface area contributed by atoms with E-state index in [1.54, 1.807) is 18.2 Å². The summed E-state index contributed by atoms with van der Waals surface area (Å²) in [6.45, 7) is 1.38. The topological polar surface area (TPSA) is 46.3 Å². The third-order valence-corrected chi connectivity index (χ3v) is 2.54. The summed E-state index contributed by atoms with van der Waals surface area (Å²) < 4.78 is 0. The van der Waals surface area contributed by atoms with Crippen LogP contribution in [-0.4, -0.2) is 30.8 Å². The van der Waals surface area contributed by atoms with Gasteiger partial charge in [-0.25, -0.2) is 0 Å². The van der Waals surface area contributed by atoms with Gasteiger partial charge in [-0.05, 0) is 18.2 Å². The highest BCUT2D eigenvalue weighted by molar-refractivity contribution is 6.18. The Kier molecular flexibility index (Phi) is 5.43. The minimum Gasteiger partial charge on any atom is -0.369 e. The highest BCUT2D eigenvalue weighted by Crippen LogP contribution is 2.16. The van der Waals surface area contributed by atoms with Crippen LogP contribution in [0.2, 0.25) is 0 Å². The van der Waals surface area contributed by atoms with Gasteiger partial charge in [-0.2, -0.15) is 0 Å². The van der Waals surface area contributed by atoms with E-state index in [9.17, 15) is 4.79 Å². The maximum Gasteiger partial charge on any atom is 0.248 e. The van der Waals surface area contributed by atoms with E-state index in [1.807, 2.05) is 11.0 Å². The van der Waals surface area contributed by atoms with Crippen molar-refractivity contribution in [3.05, 3.63) is 29.8 Å². The maximum absolute atomic E-state index is 11.0. The number of nitrogens with zero attached hydrogens (tertiary/aromatic N) is 1. The number of hydrogen-bond donors (Lipinski definition) is 1. The minimum absolute atomic E-state index is 0.432. The molecule has 0 aliphatic heterocycles. The van der Waals surface area contributed by atoms with Gasteiger partial charge < -0.3 is 10.6 Å². The molecule has 0 bridgehead atoms. The van der Waals surface area contributed by atoms with E-state index in [1.165, 1.54) is 0 Å². The minimum atomic E-state index is -0.432. The summed E-state index contributed by atoms with van der Waals surface area (Å²) in [5.74, 6) is 0.591. The van der Waals surface area contributed by atoms with Gasteiger partial charge in [0.1, 0.15) is 0 Å². The van der Waals surface area contributed by atoms with E-state index in [0.717, 1.165) is 5.69 Å². The SMILES string of the molecule is NC(=O)c1cccc(N(CCCl)CCCl)c1.